The molecule has 94 valence electrons. The van der Waals surface area contributed by atoms with E-state index in [1.807, 2.05) is 0 Å². The maximum atomic E-state index is 10.8. The third-order valence-corrected chi connectivity index (χ3v) is 2.22. The van der Waals surface area contributed by atoms with Crippen LogP contribution in [0, 0.1) is 0 Å². The van der Waals surface area contributed by atoms with Crippen molar-refractivity contribution in [2.45, 2.75) is 30.3 Å². The average molecular weight is 236 g/mol. The maximum absolute atomic E-state index is 10.8. The smallest absolute Gasteiger partial charge is 0.338 e. The highest BCUT2D eigenvalue weighted by Gasteiger charge is 2.47. The molecule has 0 aromatic heterocycles. The molecule has 0 fully saturated rings. The molecule has 0 aliphatic carbocycles. The van der Waals surface area contributed by atoms with E-state index in [1.165, 1.54) is 0 Å². The van der Waals surface area contributed by atoms with Gasteiger partial charge in [0.15, 0.2) is 5.60 Å². The van der Waals surface area contributed by atoms with Crippen molar-refractivity contribution in [1.29, 1.82) is 0 Å². The highest BCUT2D eigenvalue weighted by atomic mass is 16.4. The summed E-state index contributed by atoms with van der Waals surface area (Å²) in [6.45, 7) is 2.33. The first-order chi connectivity index (χ1) is 7.31. The maximum Gasteiger partial charge on any atom is 0.338 e. The van der Waals surface area contributed by atoms with E-state index in [-0.39, 0.29) is 0 Å². The second-order valence-corrected chi connectivity index (χ2v) is 3.41. The van der Waals surface area contributed by atoms with Crippen molar-refractivity contribution in [2.24, 2.45) is 0 Å². The SMILES string of the molecule is C=CC[C@](O)(C(=O)O)[C@H](O)[C@H](O)[C@@H](O)CO. The Morgan fingerprint density at radius 3 is 2.19 bits per heavy atom. The van der Waals surface area contributed by atoms with Crippen molar-refractivity contribution in [3.05, 3.63) is 12.7 Å². The fraction of sp³-hybridized carbons (Fsp3) is 0.667. The molecule has 0 amide bonds. The number of hydrogen-bond donors (Lipinski definition) is 6. The van der Waals surface area contributed by atoms with Crippen LogP contribution in [0.1, 0.15) is 6.42 Å². The quantitative estimate of drug-likeness (QED) is 0.267. The summed E-state index contributed by atoms with van der Waals surface area (Å²) in [5.74, 6) is -1.76. The monoisotopic (exact) mass is 236 g/mol. The van der Waals surface area contributed by atoms with E-state index in [0.29, 0.717) is 0 Å². The van der Waals surface area contributed by atoms with Gasteiger partial charge in [-0.15, -0.1) is 6.58 Å². The fourth-order valence-electron chi connectivity index (χ4n) is 1.16. The number of rotatable bonds is 7. The van der Waals surface area contributed by atoms with Crippen LogP contribution in [0.25, 0.3) is 0 Å². The van der Waals surface area contributed by atoms with E-state index in [0.717, 1.165) is 6.08 Å². The number of carboxylic acids is 1. The number of aliphatic hydroxyl groups excluding tert-OH is 4. The summed E-state index contributed by atoms with van der Waals surface area (Å²) in [5, 5.41) is 54.6. The molecule has 0 heterocycles. The molecule has 0 rings (SSSR count). The van der Waals surface area contributed by atoms with Gasteiger partial charge in [0.25, 0.3) is 0 Å². The minimum Gasteiger partial charge on any atom is -0.479 e. The second kappa shape index (κ2) is 5.92. The van der Waals surface area contributed by atoms with Crippen LogP contribution < -0.4 is 0 Å². The summed E-state index contributed by atoms with van der Waals surface area (Å²) in [7, 11) is 0. The van der Waals surface area contributed by atoms with Gasteiger partial charge in [-0.3, -0.25) is 0 Å². The average Bonchev–Trinajstić information content (AvgIpc) is 2.25. The molecule has 0 spiro atoms. The summed E-state index contributed by atoms with van der Waals surface area (Å²) in [5.41, 5.74) is -2.66. The number of carboxylic acid groups (broad SMARTS) is 1. The van der Waals surface area contributed by atoms with E-state index in [1.54, 1.807) is 0 Å². The number of carbonyl (C=O) groups is 1. The molecule has 0 bridgehead atoms. The van der Waals surface area contributed by atoms with Crippen LogP contribution in [0.3, 0.4) is 0 Å². The van der Waals surface area contributed by atoms with Gasteiger partial charge in [-0.1, -0.05) is 6.08 Å². The zero-order chi connectivity index (χ0) is 12.9. The predicted molar refractivity (Wildman–Crippen MR) is 52.5 cm³/mol. The molecule has 0 saturated carbocycles. The van der Waals surface area contributed by atoms with Crippen molar-refractivity contribution in [2.75, 3.05) is 6.61 Å². The van der Waals surface area contributed by atoms with Crippen molar-refractivity contribution in [1.82, 2.24) is 0 Å². The van der Waals surface area contributed by atoms with E-state index in [4.69, 9.17) is 15.3 Å². The summed E-state index contributed by atoms with van der Waals surface area (Å²) in [6, 6.07) is 0. The van der Waals surface area contributed by atoms with Gasteiger partial charge < -0.3 is 30.6 Å². The van der Waals surface area contributed by atoms with Gasteiger partial charge in [0.05, 0.1) is 6.61 Å². The first kappa shape index (κ1) is 15.0. The van der Waals surface area contributed by atoms with Crippen LogP contribution >= 0.6 is 0 Å². The van der Waals surface area contributed by atoms with E-state index < -0.39 is 42.9 Å². The predicted octanol–water partition coefficient (Wildman–Crippen LogP) is -2.55. The Labute approximate surface area is 91.9 Å². The van der Waals surface area contributed by atoms with Crippen LogP contribution in [0.15, 0.2) is 12.7 Å². The molecule has 7 nitrogen and oxygen atoms in total. The van der Waals surface area contributed by atoms with Gasteiger partial charge in [0.2, 0.25) is 0 Å². The zero-order valence-electron chi connectivity index (χ0n) is 8.52. The first-order valence-electron chi connectivity index (χ1n) is 4.53. The highest BCUT2D eigenvalue weighted by Crippen LogP contribution is 2.21. The van der Waals surface area contributed by atoms with Gasteiger partial charge >= 0.3 is 5.97 Å². The lowest BCUT2D eigenvalue weighted by atomic mass is 9.87. The Bertz CT molecular complexity index is 254. The van der Waals surface area contributed by atoms with Gasteiger partial charge in [-0.25, -0.2) is 4.79 Å². The molecule has 6 N–H and O–H groups in total. The summed E-state index contributed by atoms with van der Waals surface area (Å²) < 4.78 is 0. The molecule has 0 radical (unpaired) electrons. The van der Waals surface area contributed by atoms with Crippen molar-refractivity contribution in [3.8, 4) is 0 Å². The Morgan fingerprint density at radius 2 is 1.88 bits per heavy atom. The Morgan fingerprint density at radius 1 is 1.38 bits per heavy atom. The van der Waals surface area contributed by atoms with Crippen molar-refractivity contribution in [3.63, 3.8) is 0 Å². The topological polar surface area (TPSA) is 138 Å². The Hall–Kier alpha value is -0.990. The van der Waals surface area contributed by atoms with Gasteiger partial charge in [-0.05, 0) is 0 Å². The highest BCUT2D eigenvalue weighted by molar-refractivity contribution is 5.78. The van der Waals surface area contributed by atoms with Crippen LogP contribution in [0.5, 0.6) is 0 Å². The zero-order valence-corrected chi connectivity index (χ0v) is 8.52. The summed E-state index contributed by atoms with van der Waals surface area (Å²) in [4.78, 5) is 10.8. The molecule has 0 aromatic rings. The van der Waals surface area contributed by atoms with Gasteiger partial charge in [0.1, 0.15) is 18.3 Å². The molecule has 7 heteroatoms. The van der Waals surface area contributed by atoms with Crippen LogP contribution in [0.4, 0.5) is 0 Å². The Balaban J connectivity index is 4.93. The molecule has 0 aromatic carbocycles. The van der Waals surface area contributed by atoms with Crippen LogP contribution in [-0.2, 0) is 4.79 Å². The summed E-state index contributed by atoms with van der Waals surface area (Å²) >= 11 is 0. The van der Waals surface area contributed by atoms with Crippen molar-refractivity contribution >= 4 is 5.97 Å². The molecule has 0 aliphatic heterocycles. The van der Waals surface area contributed by atoms with E-state index in [2.05, 4.69) is 6.58 Å². The lowest BCUT2D eigenvalue weighted by Crippen LogP contribution is -2.57. The lowest BCUT2D eigenvalue weighted by molar-refractivity contribution is -0.190. The molecule has 16 heavy (non-hydrogen) atoms. The standard InChI is InChI=1S/C9H16O7/c1-2-3-9(16,8(14)15)7(13)6(12)5(11)4-10/h2,5-7,10-13,16H,1,3-4H2,(H,14,15)/t5-,6+,7+,9+/m0/s1. The van der Waals surface area contributed by atoms with E-state index in [9.17, 15) is 20.1 Å². The molecular weight excluding hydrogens is 220 g/mol. The molecule has 0 saturated heterocycles. The largest absolute Gasteiger partial charge is 0.479 e. The van der Waals surface area contributed by atoms with Gasteiger partial charge in [-0.2, -0.15) is 0 Å². The molecule has 0 aliphatic rings. The number of aliphatic carboxylic acids is 1. The van der Waals surface area contributed by atoms with Crippen molar-refractivity contribution < 1.29 is 35.4 Å². The third-order valence-electron chi connectivity index (χ3n) is 2.22. The molecule has 0 unspecified atom stereocenters. The lowest BCUT2D eigenvalue weighted by Gasteiger charge is -2.32. The normalized spacial score (nSPS) is 20.6. The number of hydrogen-bond acceptors (Lipinski definition) is 6. The minimum absolute atomic E-state index is 0.515. The minimum atomic E-state index is -2.66. The van der Waals surface area contributed by atoms with Crippen LogP contribution in [-0.4, -0.2) is 67.1 Å². The molecule has 4 atom stereocenters. The summed E-state index contributed by atoms with van der Waals surface area (Å²) in [6.07, 6.45) is -5.34. The van der Waals surface area contributed by atoms with Crippen LogP contribution in [0.2, 0.25) is 0 Å². The number of aliphatic hydroxyl groups is 5. The second-order valence-electron chi connectivity index (χ2n) is 3.41. The molecular formula is C9H16O7. The first-order valence-corrected chi connectivity index (χ1v) is 4.53. The fourth-order valence-corrected chi connectivity index (χ4v) is 1.16. The van der Waals surface area contributed by atoms with E-state index >= 15 is 0 Å². The van der Waals surface area contributed by atoms with Gasteiger partial charge in [0, 0.05) is 6.42 Å². The Kier molecular flexibility index (Phi) is 5.56. The third kappa shape index (κ3) is 3.00.